The Morgan fingerprint density at radius 2 is 1.89 bits per heavy atom. The molecule has 0 aliphatic carbocycles. The lowest BCUT2D eigenvalue weighted by atomic mass is 9.88. The molecule has 3 heteroatoms. The molecule has 2 atom stereocenters. The van der Waals surface area contributed by atoms with Gasteiger partial charge < -0.3 is 10.3 Å². The summed E-state index contributed by atoms with van der Waals surface area (Å²) in [5, 5.41) is 22.8. The number of unbranched alkanes of at least 4 members (excludes halogenated alkanes) is 1. The number of nitrogens with zero attached hydrogens (tertiary/aromatic N) is 1. The van der Waals surface area contributed by atoms with Gasteiger partial charge in [0, 0.05) is 5.56 Å². The topological polar surface area (TPSA) is 52.8 Å². The normalized spacial score (nSPS) is 15.4. The fourth-order valence-corrected chi connectivity index (χ4v) is 2.17. The Labute approximate surface area is 109 Å². The number of benzene rings is 1. The molecule has 0 aromatic heterocycles. The first-order valence-electron chi connectivity index (χ1n) is 6.70. The molecule has 100 valence electrons. The minimum absolute atomic E-state index is 0.149. The van der Waals surface area contributed by atoms with E-state index >= 15 is 0 Å². The number of aliphatic hydroxyl groups is 1. The number of oxime groups is 1. The maximum atomic E-state index is 10.4. The number of hydrogen-bond acceptors (Lipinski definition) is 3. The standard InChI is InChI=1S/C15H23NO2/c1-3-5-9-12(4-2)15(17)14(16-18)13-10-7-6-8-11-13/h6-8,10-12,15,17-18H,3-5,9H2,1-2H3. The smallest absolute Gasteiger partial charge is 0.116 e. The first kappa shape index (κ1) is 14.7. The second-order valence-corrected chi connectivity index (χ2v) is 4.61. The van der Waals surface area contributed by atoms with Crippen LogP contribution in [-0.4, -0.2) is 22.1 Å². The van der Waals surface area contributed by atoms with Gasteiger partial charge in [-0.1, -0.05) is 68.6 Å². The van der Waals surface area contributed by atoms with Gasteiger partial charge in [0.15, 0.2) is 0 Å². The van der Waals surface area contributed by atoms with Gasteiger partial charge in [-0.3, -0.25) is 0 Å². The van der Waals surface area contributed by atoms with Crippen LogP contribution in [0.15, 0.2) is 35.5 Å². The largest absolute Gasteiger partial charge is 0.411 e. The maximum Gasteiger partial charge on any atom is 0.116 e. The number of aliphatic hydroxyl groups excluding tert-OH is 1. The Hall–Kier alpha value is -1.35. The van der Waals surface area contributed by atoms with Crippen molar-refractivity contribution in [1.82, 2.24) is 0 Å². The average Bonchev–Trinajstić information content (AvgIpc) is 2.42. The quantitative estimate of drug-likeness (QED) is 0.442. The van der Waals surface area contributed by atoms with Gasteiger partial charge in [0.05, 0.1) is 0 Å². The lowest BCUT2D eigenvalue weighted by molar-refractivity contribution is 0.154. The molecule has 0 bridgehead atoms. The molecule has 3 nitrogen and oxygen atoms in total. The SMILES string of the molecule is CCCCC(CC)C(O)C(=NO)c1ccccc1. The minimum Gasteiger partial charge on any atom is -0.411 e. The molecule has 0 spiro atoms. The average molecular weight is 249 g/mol. The van der Waals surface area contributed by atoms with Gasteiger partial charge in [-0.05, 0) is 12.3 Å². The van der Waals surface area contributed by atoms with Crippen molar-refractivity contribution in [1.29, 1.82) is 0 Å². The Bertz CT molecular complexity index is 362. The van der Waals surface area contributed by atoms with Gasteiger partial charge in [0.2, 0.25) is 0 Å². The Kier molecular flexibility index (Phi) is 6.44. The summed E-state index contributed by atoms with van der Waals surface area (Å²) in [5.41, 5.74) is 1.15. The highest BCUT2D eigenvalue weighted by Gasteiger charge is 2.24. The highest BCUT2D eigenvalue weighted by atomic mass is 16.4. The monoisotopic (exact) mass is 249 g/mol. The lowest BCUT2D eigenvalue weighted by Gasteiger charge is -2.22. The molecule has 0 amide bonds. The van der Waals surface area contributed by atoms with Crippen LogP contribution < -0.4 is 0 Å². The van der Waals surface area contributed by atoms with Crippen LogP contribution in [-0.2, 0) is 0 Å². The van der Waals surface area contributed by atoms with E-state index in [1.165, 1.54) is 0 Å². The molecule has 1 aromatic rings. The summed E-state index contributed by atoms with van der Waals surface area (Å²) in [7, 11) is 0. The molecule has 2 N–H and O–H groups in total. The zero-order valence-electron chi connectivity index (χ0n) is 11.2. The van der Waals surface area contributed by atoms with E-state index in [0.29, 0.717) is 5.71 Å². The number of hydrogen-bond donors (Lipinski definition) is 2. The van der Waals surface area contributed by atoms with Crippen molar-refractivity contribution in [3.8, 4) is 0 Å². The summed E-state index contributed by atoms with van der Waals surface area (Å²) in [6, 6.07) is 9.36. The van der Waals surface area contributed by atoms with Gasteiger partial charge in [0.1, 0.15) is 11.8 Å². The second kappa shape index (κ2) is 7.88. The molecule has 0 heterocycles. The van der Waals surface area contributed by atoms with Gasteiger partial charge in [0.25, 0.3) is 0 Å². The first-order chi connectivity index (χ1) is 8.74. The molecule has 0 fully saturated rings. The van der Waals surface area contributed by atoms with E-state index in [4.69, 9.17) is 5.21 Å². The molecule has 1 rings (SSSR count). The highest BCUT2D eigenvalue weighted by Crippen LogP contribution is 2.20. The summed E-state index contributed by atoms with van der Waals surface area (Å²) in [6.07, 6.45) is 3.34. The Morgan fingerprint density at radius 3 is 2.39 bits per heavy atom. The van der Waals surface area contributed by atoms with Crippen LogP contribution in [0.2, 0.25) is 0 Å². The molecular formula is C15H23NO2. The summed E-state index contributed by atoms with van der Waals surface area (Å²) in [5.74, 6) is 0.149. The summed E-state index contributed by atoms with van der Waals surface area (Å²) in [6.45, 7) is 4.20. The van der Waals surface area contributed by atoms with Crippen molar-refractivity contribution in [2.24, 2.45) is 11.1 Å². The van der Waals surface area contributed by atoms with Gasteiger partial charge in [-0.25, -0.2) is 0 Å². The van der Waals surface area contributed by atoms with Crippen LogP contribution in [0.25, 0.3) is 0 Å². The summed E-state index contributed by atoms with van der Waals surface area (Å²) < 4.78 is 0. The molecule has 2 unspecified atom stereocenters. The third-order valence-electron chi connectivity index (χ3n) is 3.36. The van der Waals surface area contributed by atoms with Crippen LogP contribution >= 0.6 is 0 Å². The Balaban J connectivity index is 2.82. The van der Waals surface area contributed by atoms with Gasteiger partial charge in [-0.2, -0.15) is 0 Å². The van der Waals surface area contributed by atoms with Crippen molar-refractivity contribution in [3.63, 3.8) is 0 Å². The van der Waals surface area contributed by atoms with E-state index in [2.05, 4.69) is 19.0 Å². The van der Waals surface area contributed by atoms with E-state index in [1.54, 1.807) is 0 Å². The maximum absolute atomic E-state index is 10.4. The first-order valence-corrected chi connectivity index (χ1v) is 6.70. The van der Waals surface area contributed by atoms with Crippen LogP contribution in [0.1, 0.15) is 45.1 Å². The predicted molar refractivity (Wildman–Crippen MR) is 74.1 cm³/mol. The van der Waals surface area contributed by atoms with Crippen molar-refractivity contribution in [3.05, 3.63) is 35.9 Å². The summed E-state index contributed by atoms with van der Waals surface area (Å²) >= 11 is 0. The minimum atomic E-state index is -0.700. The second-order valence-electron chi connectivity index (χ2n) is 4.61. The molecule has 0 radical (unpaired) electrons. The van der Waals surface area contributed by atoms with E-state index in [-0.39, 0.29) is 5.92 Å². The lowest BCUT2D eigenvalue weighted by Crippen LogP contribution is -2.30. The van der Waals surface area contributed by atoms with Crippen LogP contribution in [0.3, 0.4) is 0 Å². The zero-order valence-corrected chi connectivity index (χ0v) is 11.2. The van der Waals surface area contributed by atoms with Crippen LogP contribution in [0, 0.1) is 5.92 Å². The molecule has 0 saturated carbocycles. The van der Waals surface area contributed by atoms with Crippen LogP contribution in [0.5, 0.6) is 0 Å². The molecule has 0 aliphatic heterocycles. The van der Waals surface area contributed by atoms with Gasteiger partial charge in [-0.15, -0.1) is 0 Å². The van der Waals surface area contributed by atoms with E-state index in [1.807, 2.05) is 30.3 Å². The van der Waals surface area contributed by atoms with Gasteiger partial charge >= 0.3 is 0 Å². The Morgan fingerprint density at radius 1 is 1.22 bits per heavy atom. The molecule has 0 saturated heterocycles. The van der Waals surface area contributed by atoms with E-state index in [0.717, 1.165) is 31.2 Å². The van der Waals surface area contributed by atoms with E-state index in [9.17, 15) is 5.11 Å². The molecule has 1 aromatic carbocycles. The third-order valence-corrected chi connectivity index (χ3v) is 3.36. The van der Waals surface area contributed by atoms with Crippen molar-refractivity contribution in [2.45, 2.75) is 45.6 Å². The molecule has 18 heavy (non-hydrogen) atoms. The predicted octanol–water partition coefficient (Wildman–Crippen LogP) is 3.44. The third kappa shape index (κ3) is 3.84. The summed E-state index contributed by atoms with van der Waals surface area (Å²) in [4.78, 5) is 0. The zero-order chi connectivity index (χ0) is 13.4. The molecular weight excluding hydrogens is 226 g/mol. The highest BCUT2D eigenvalue weighted by molar-refractivity contribution is 6.03. The van der Waals surface area contributed by atoms with Crippen molar-refractivity contribution in [2.75, 3.05) is 0 Å². The van der Waals surface area contributed by atoms with Crippen LogP contribution in [0.4, 0.5) is 0 Å². The molecule has 0 aliphatic rings. The fourth-order valence-electron chi connectivity index (χ4n) is 2.17. The van der Waals surface area contributed by atoms with Crippen molar-refractivity contribution >= 4 is 5.71 Å². The fraction of sp³-hybridized carbons (Fsp3) is 0.533. The van der Waals surface area contributed by atoms with Crippen molar-refractivity contribution < 1.29 is 10.3 Å². The van der Waals surface area contributed by atoms with E-state index < -0.39 is 6.10 Å². The number of rotatable bonds is 7.